The van der Waals surface area contributed by atoms with Gasteiger partial charge < -0.3 is 0 Å². The van der Waals surface area contributed by atoms with Crippen LogP contribution in [0.2, 0.25) is 5.02 Å². The summed E-state index contributed by atoms with van der Waals surface area (Å²) in [6, 6.07) is 16.4. The summed E-state index contributed by atoms with van der Waals surface area (Å²) in [5, 5.41) is 10.5. The molecule has 0 saturated heterocycles. The van der Waals surface area contributed by atoms with E-state index in [1.807, 2.05) is 30.3 Å². The molecule has 26 heavy (non-hydrogen) atoms. The van der Waals surface area contributed by atoms with Crippen LogP contribution in [0.4, 0.5) is 0 Å². The maximum atomic E-state index is 6.26. The van der Waals surface area contributed by atoms with Crippen molar-refractivity contribution in [1.29, 1.82) is 0 Å². The number of benzene rings is 2. The van der Waals surface area contributed by atoms with Crippen molar-refractivity contribution in [2.75, 3.05) is 0 Å². The first-order valence-electron chi connectivity index (χ1n) is 8.60. The molecule has 0 fully saturated rings. The number of aromatic nitrogens is 3. The van der Waals surface area contributed by atoms with E-state index in [4.69, 9.17) is 11.6 Å². The Hall–Kier alpha value is -2.04. The standard InChI is InChI=1S/C21H22ClN3S/c1-4-13-25-20(17-11-9-16(10-12-17)15(2)3)23-24-21(25)26-14-18-7-5-6-8-19(18)22/h4-12,15H,1,13-14H2,2-3H3. The van der Waals surface area contributed by atoms with Gasteiger partial charge in [-0.15, -0.1) is 16.8 Å². The predicted octanol–water partition coefficient (Wildman–Crippen LogP) is 6.20. The minimum absolute atomic E-state index is 0.511. The highest BCUT2D eigenvalue weighted by molar-refractivity contribution is 7.98. The zero-order valence-corrected chi connectivity index (χ0v) is 16.6. The van der Waals surface area contributed by atoms with Crippen LogP contribution in [0, 0.1) is 0 Å². The van der Waals surface area contributed by atoms with Gasteiger partial charge in [-0.2, -0.15) is 0 Å². The molecule has 3 aromatic rings. The molecule has 0 aliphatic carbocycles. The largest absolute Gasteiger partial charge is 0.298 e. The van der Waals surface area contributed by atoms with Gasteiger partial charge >= 0.3 is 0 Å². The van der Waals surface area contributed by atoms with Crippen LogP contribution in [-0.4, -0.2) is 14.8 Å². The topological polar surface area (TPSA) is 30.7 Å². The maximum Gasteiger partial charge on any atom is 0.192 e. The molecule has 0 aliphatic rings. The minimum atomic E-state index is 0.511. The number of hydrogen-bond donors (Lipinski definition) is 0. The van der Waals surface area contributed by atoms with Gasteiger partial charge in [-0.25, -0.2) is 0 Å². The molecule has 0 bridgehead atoms. The zero-order chi connectivity index (χ0) is 18.5. The van der Waals surface area contributed by atoms with Crippen molar-refractivity contribution >= 4 is 23.4 Å². The van der Waals surface area contributed by atoms with E-state index in [2.05, 4.69) is 59.5 Å². The summed E-state index contributed by atoms with van der Waals surface area (Å²) in [6.45, 7) is 8.93. The fourth-order valence-corrected chi connectivity index (χ4v) is 3.91. The summed E-state index contributed by atoms with van der Waals surface area (Å²) in [4.78, 5) is 0. The first kappa shape index (κ1) is 18.7. The SMILES string of the molecule is C=CCn1c(SCc2ccccc2Cl)nnc1-c1ccc(C(C)C)cc1. The Morgan fingerprint density at radius 1 is 1.12 bits per heavy atom. The Labute approximate surface area is 164 Å². The molecule has 2 aromatic carbocycles. The van der Waals surface area contributed by atoms with Crippen molar-refractivity contribution in [3.8, 4) is 11.4 Å². The van der Waals surface area contributed by atoms with Crippen molar-refractivity contribution in [2.45, 2.75) is 37.2 Å². The van der Waals surface area contributed by atoms with Crippen LogP contribution in [-0.2, 0) is 12.3 Å². The number of thioether (sulfide) groups is 1. The summed E-state index contributed by atoms with van der Waals surface area (Å²) in [5.74, 6) is 2.13. The van der Waals surface area contributed by atoms with E-state index < -0.39 is 0 Å². The number of allylic oxidation sites excluding steroid dienone is 1. The van der Waals surface area contributed by atoms with Gasteiger partial charge in [0.1, 0.15) is 0 Å². The van der Waals surface area contributed by atoms with E-state index in [0.717, 1.165) is 32.9 Å². The normalized spacial score (nSPS) is 11.1. The summed E-state index contributed by atoms with van der Waals surface area (Å²) in [7, 11) is 0. The van der Waals surface area contributed by atoms with Gasteiger partial charge in [0.05, 0.1) is 0 Å². The molecule has 5 heteroatoms. The lowest BCUT2D eigenvalue weighted by Crippen LogP contribution is -2.01. The van der Waals surface area contributed by atoms with Crippen molar-refractivity contribution < 1.29 is 0 Å². The molecule has 0 saturated carbocycles. The number of hydrogen-bond acceptors (Lipinski definition) is 3. The van der Waals surface area contributed by atoms with Crippen LogP contribution >= 0.6 is 23.4 Å². The van der Waals surface area contributed by atoms with E-state index in [9.17, 15) is 0 Å². The lowest BCUT2D eigenvalue weighted by molar-refractivity contribution is 0.731. The molecule has 0 aliphatic heterocycles. The van der Waals surface area contributed by atoms with Gasteiger partial charge in [-0.05, 0) is 23.1 Å². The molecule has 0 unspecified atom stereocenters. The fourth-order valence-electron chi connectivity index (χ4n) is 2.68. The molecule has 1 heterocycles. The highest BCUT2D eigenvalue weighted by Gasteiger charge is 2.14. The molecule has 0 N–H and O–H groups in total. The monoisotopic (exact) mass is 383 g/mol. The van der Waals surface area contributed by atoms with Gasteiger partial charge in [0.25, 0.3) is 0 Å². The third-order valence-corrected chi connectivity index (χ3v) is 5.56. The summed E-state index contributed by atoms with van der Waals surface area (Å²) in [5.41, 5.74) is 3.47. The molecule has 0 atom stereocenters. The van der Waals surface area contributed by atoms with Gasteiger partial charge in [-0.1, -0.05) is 85.8 Å². The Morgan fingerprint density at radius 2 is 1.85 bits per heavy atom. The van der Waals surface area contributed by atoms with E-state index in [0.29, 0.717) is 12.5 Å². The summed E-state index contributed by atoms with van der Waals surface area (Å²) in [6.07, 6.45) is 1.87. The molecular weight excluding hydrogens is 362 g/mol. The van der Waals surface area contributed by atoms with E-state index in [1.54, 1.807) is 11.8 Å². The highest BCUT2D eigenvalue weighted by atomic mass is 35.5. The lowest BCUT2D eigenvalue weighted by atomic mass is 10.0. The Morgan fingerprint density at radius 3 is 2.50 bits per heavy atom. The molecule has 1 aromatic heterocycles. The van der Waals surface area contributed by atoms with Crippen LogP contribution in [0.1, 0.15) is 30.9 Å². The van der Waals surface area contributed by atoms with E-state index >= 15 is 0 Å². The van der Waals surface area contributed by atoms with Crippen molar-refractivity contribution in [2.24, 2.45) is 0 Å². The van der Waals surface area contributed by atoms with Crippen LogP contribution in [0.3, 0.4) is 0 Å². The third-order valence-electron chi connectivity index (χ3n) is 4.18. The van der Waals surface area contributed by atoms with Crippen molar-refractivity contribution in [3.05, 3.63) is 77.3 Å². The summed E-state index contributed by atoms with van der Waals surface area (Å²) < 4.78 is 2.10. The second-order valence-corrected chi connectivity index (χ2v) is 7.71. The van der Waals surface area contributed by atoms with Gasteiger partial charge in [0, 0.05) is 22.9 Å². The zero-order valence-electron chi connectivity index (χ0n) is 15.0. The second kappa shape index (κ2) is 8.56. The molecule has 134 valence electrons. The van der Waals surface area contributed by atoms with Crippen molar-refractivity contribution in [1.82, 2.24) is 14.8 Å². The van der Waals surface area contributed by atoms with Gasteiger partial charge in [0.2, 0.25) is 0 Å². The quantitative estimate of drug-likeness (QED) is 0.359. The number of nitrogens with zero attached hydrogens (tertiary/aromatic N) is 3. The van der Waals surface area contributed by atoms with Crippen molar-refractivity contribution in [3.63, 3.8) is 0 Å². The van der Waals surface area contributed by atoms with E-state index in [-0.39, 0.29) is 0 Å². The minimum Gasteiger partial charge on any atom is -0.298 e. The molecular formula is C21H22ClN3S. The molecule has 3 rings (SSSR count). The molecule has 0 spiro atoms. The highest BCUT2D eigenvalue weighted by Crippen LogP contribution is 2.29. The third kappa shape index (κ3) is 4.19. The molecule has 0 radical (unpaired) electrons. The lowest BCUT2D eigenvalue weighted by Gasteiger charge is -2.10. The Balaban J connectivity index is 1.86. The smallest absolute Gasteiger partial charge is 0.192 e. The molecule has 3 nitrogen and oxygen atoms in total. The maximum absolute atomic E-state index is 6.26. The first-order valence-corrected chi connectivity index (χ1v) is 9.97. The number of rotatable bonds is 7. The fraction of sp³-hybridized carbons (Fsp3) is 0.238. The first-order chi connectivity index (χ1) is 12.6. The van der Waals surface area contributed by atoms with E-state index in [1.165, 1.54) is 5.56 Å². The second-order valence-electron chi connectivity index (χ2n) is 6.36. The summed E-state index contributed by atoms with van der Waals surface area (Å²) >= 11 is 7.90. The van der Waals surface area contributed by atoms with Crippen LogP contribution in [0.25, 0.3) is 11.4 Å². The predicted molar refractivity (Wildman–Crippen MR) is 111 cm³/mol. The number of halogens is 1. The Bertz CT molecular complexity index is 885. The van der Waals surface area contributed by atoms with Gasteiger partial charge in [0.15, 0.2) is 11.0 Å². The van der Waals surface area contributed by atoms with Crippen LogP contribution < -0.4 is 0 Å². The average molecular weight is 384 g/mol. The van der Waals surface area contributed by atoms with Crippen LogP contribution in [0.5, 0.6) is 0 Å². The van der Waals surface area contributed by atoms with Crippen LogP contribution in [0.15, 0.2) is 66.3 Å². The Kier molecular flexibility index (Phi) is 6.17. The average Bonchev–Trinajstić information content (AvgIpc) is 3.04. The van der Waals surface area contributed by atoms with Gasteiger partial charge in [-0.3, -0.25) is 4.57 Å². The molecule has 0 amide bonds.